The average Bonchev–Trinajstić information content (AvgIpc) is 2.62. The Morgan fingerprint density at radius 3 is 2.58 bits per heavy atom. The van der Waals surface area contributed by atoms with E-state index >= 15 is 0 Å². The Morgan fingerprint density at radius 2 is 1.88 bits per heavy atom. The smallest absolute Gasteiger partial charge is 0.275 e. The fraction of sp³-hybridized carbons (Fsp3) is 0.632. The van der Waals surface area contributed by atoms with Gasteiger partial charge in [-0.1, -0.05) is 43.0 Å². The number of hydrogen-bond acceptors (Lipinski definition) is 2. The molecule has 1 saturated heterocycles. The van der Waals surface area contributed by atoms with Crippen LogP contribution in [0.25, 0.3) is 0 Å². The van der Waals surface area contributed by atoms with Gasteiger partial charge in [0, 0.05) is 6.54 Å². The van der Waals surface area contributed by atoms with Crippen LogP contribution in [0.5, 0.6) is 0 Å². The highest BCUT2D eigenvalue weighted by Crippen LogP contribution is 2.25. The Hall–Kier alpha value is -1.26. The highest BCUT2D eigenvalue weighted by atomic mass is 35.5. The fourth-order valence-corrected chi connectivity index (χ4v) is 4.14. The monoisotopic (exact) mass is 350 g/mol. The number of rotatable bonds is 5. The minimum atomic E-state index is 0.210. The number of nitrogens with zero attached hydrogens (tertiary/aromatic N) is 1. The van der Waals surface area contributed by atoms with Crippen LogP contribution in [-0.2, 0) is 4.79 Å². The molecule has 4 nitrogen and oxygen atoms in total. The van der Waals surface area contributed by atoms with Gasteiger partial charge in [0.15, 0.2) is 6.54 Å². The third kappa shape index (κ3) is 4.87. The van der Waals surface area contributed by atoms with Crippen LogP contribution in [0, 0.1) is 5.92 Å². The van der Waals surface area contributed by atoms with E-state index in [9.17, 15) is 4.79 Å². The number of piperazine rings is 1. The van der Waals surface area contributed by atoms with Gasteiger partial charge in [-0.3, -0.25) is 4.79 Å². The van der Waals surface area contributed by atoms with Gasteiger partial charge in [-0.2, -0.15) is 0 Å². The molecule has 1 aliphatic carbocycles. The first kappa shape index (κ1) is 17.6. The Kier molecular flexibility index (Phi) is 6.38. The second-order valence-electron chi connectivity index (χ2n) is 7.17. The molecule has 1 aromatic carbocycles. The van der Waals surface area contributed by atoms with E-state index in [1.807, 2.05) is 18.2 Å². The Bertz CT molecular complexity index is 537. The Balaban J connectivity index is 1.38. The summed E-state index contributed by atoms with van der Waals surface area (Å²) in [4.78, 5) is 15.9. The van der Waals surface area contributed by atoms with Crippen molar-refractivity contribution in [1.82, 2.24) is 5.32 Å². The molecule has 3 rings (SSSR count). The first-order chi connectivity index (χ1) is 11.7. The van der Waals surface area contributed by atoms with Crippen molar-refractivity contribution in [2.24, 2.45) is 5.92 Å². The van der Waals surface area contributed by atoms with Crippen LogP contribution in [0.1, 0.15) is 32.1 Å². The lowest BCUT2D eigenvalue weighted by Gasteiger charge is -2.33. The molecule has 2 aliphatic rings. The summed E-state index contributed by atoms with van der Waals surface area (Å²) in [6.07, 6.45) is 6.59. The molecule has 1 amide bonds. The summed E-state index contributed by atoms with van der Waals surface area (Å²) in [5.41, 5.74) is 1.11. The molecule has 0 aromatic heterocycles. The van der Waals surface area contributed by atoms with Gasteiger partial charge in [0.2, 0.25) is 0 Å². The maximum Gasteiger partial charge on any atom is 0.275 e. The molecule has 1 heterocycles. The van der Waals surface area contributed by atoms with Gasteiger partial charge in [-0.15, -0.1) is 0 Å². The van der Waals surface area contributed by atoms with E-state index in [-0.39, 0.29) is 5.91 Å². The second-order valence-corrected chi connectivity index (χ2v) is 7.58. The zero-order valence-corrected chi connectivity index (χ0v) is 15.2. The molecule has 1 aromatic rings. The predicted octanol–water partition coefficient (Wildman–Crippen LogP) is 1.74. The zero-order chi connectivity index (χ0) is 16.8. The quantitative estimate of drug-likeness (QED) is 0.848. The number of quaternary nitrogens is 1. The largest absolute Gasteiger partial charge is 0.359 e. The first-order valence-corrected chi connectivity index (χ1v) is 9.70. The minimum Gasteiger partial charge on any atom is -0.359 e. The van der Waals surface area contributed by atoms with Crippen molar-refractivity contribution in [1.29, 1.82) is 0 Å². The summed E-state index contributed by atoms with van der Waals surface area (Å²) in [6, 6.07) is 8.00. The van der Waals surface area contributed by atoms with Gasteiger partial charge in [0.05, 0.1) is 36.9 Å². The van der Waals surface area contributed by atoms with Gasteiger partial charge in [0.25, 0.3) is 5.91 Å². The average molecular weight is 351 g/mol. The maximum absolute atomic E-state index is 12.2. The number of carbonyl (C=O) groups excluding carboxylic acids is 1. The number of para-hydroxylation sites is 1. The summed E-state index contributed by atoms with van der Waals surface area (Å²) >= 11 is 6.28. The van der Waals surface area contributed by atoms with Gasteiger partial charge in [-0.25, -0.2) is 0 Å². The second kappa shape index (κ2) is 8.72. The molecule has 0 unspecified atom stereocenters. The molecular formula is C19H29ClN3O+. The number of anilines is 1. The summed E-state index contributed by atoms with van der Waals surface area (Å²) in [6.45, 7) is 5.36. The molecule has 1 aliphatic heterocycles. The molecule has 5 heteroatoms. The van der Waals surface area contributed by atoms with E-state index in [1.165, 1.54) is 37.0 Å². The van der Waals surface area contributed by atoms with Gasteiger partial charge in [0.1, 0.15) is 0 Å². The van der Waals surface area contributed by atoms with E-state index < -0.39 is 0 Å². The van der Waals surface area contributed by atoms with Crippen molar-refractivity contribution in [3.63, 3.8) is 0 Å². The van der Waals surface area contributed by atoms with Crippen LogP contribution in [0.2, 0.25) is 5.02 Å². The van der Waals surface area contributed by atoms with Crippen molar-refractivity contribution in [3.8, 4) is 0 Å². The summed E-state index contributed by atoms with van der Waals surface area (Å²) in [5.74, 6) is 0.913. The molecular weight excluding hydrogens is 322 g/mol. The molecule has 0 atom stereocenters. The zero-order valence-electron chi connectivity index (χ0n) is 14.4. The van der Waals surface area contributed by atoms with E-state index in [0.717, 1.165) is 43.4 Å². The topological polar surface area (TPSA) is 36.8 Å². The normalized spacial score (nSPS) is 20.1. The first-order valence-electron chi connectivity index (χ1n) is 9.32. The van der Waals surface area contributed by atoms with Gasteiger partial charge >= 0.3 is 0 Å². The number of carbonyl (C=O) groups is 1. The molecule has 0 spiro atoms. The number of hydrogen-bond donors (Lipinski definition) is 2. The fourth-order valence-electron chi connectivity index (χ4n) is 3.89. The predicted molar refractivity (Wildman–Crippen MR) is 98.8 cm³/mol. The van der Waals surface area contributed by atoms with Crippen LogP contribution >= 0.6 is 11.6 Å². The van der Waals surface area contributed by atoms with Crippen molar-refractivity contribution in [2.75, 3.05) is 44.2 Å². The highest BCUT2D eigenvalue weighted by molar-refractivity contribution is 6.33. The van der Waals surface area contributed by atoms with E-state index in [4.69, 9.17) is 11.6 Å². The van der Waals surface area contributed by atoms with Crippen molar-refractivity contribution in [2.45, 2.75) is 32.1 Å². The van der Waals surface area contributed by atoms with Crippen LogP contribution < -0.4 is 15.1 Å². The summed E-state index contributed by atoms with van der Waals surface area (Å²) in [7, 11) is 0. The van der Waals surface area contributed by atoms with E-state index in [1.54, 1.807) is 0 Å². The van der Waals surface area contributed by atoms with Gasteiger partial charge in [-0.05, 0) is 30.9 Å². The van der Waals surface area contributed by atoms with Crippen LogP contribution in [-0.4, -0.2) is 45.2 Å². The lowest BCUT2D eigenvalue weighted by Crippen LogP contribution is -3.16. The van der Waals surface area contributed by atoms with Crippen LogP contribution in [0.15, 0.2) is 24.3 Å². The van der Waals surface area contributed by atoms with Gasteiger partial charge < -0.3 is 15.1 Å². The third-order valence-electron chi connectivity index (χ3n) is 5.39. The minimum absolute atomic E-state index is 0.210. The Labute approximate surface area is 150 Å². The summed E-state index contributed by atoms with van der Waals surface area (Å²) in [5, 5.41) is 3.97. The van der Waals surface area contributed by atoms with Crippen LogP contribution in [0.3, 0.4) is 0 Å². The SMILES string of the molecule is O=C(C[NH+]1CCN(c2ccccc2Cl)CC1)NCC1CCCCC1. The third-order valence-corrected chi connectivity index (χ3v) is 5.71. The highest BCUT2D eigenvalue weighted by Gasteiger charge is 2.23. The molecule has 132 valence electrons. The molecule has 2 fully saturated rings. The number of nitrogens with one attached hydrogen (secondary N) is 2. The number of benzene rings is 1. The molecule has 1 saturated carbocycles. The van der Waals surface area contributed by atoms with Crippen molar-refractivity contribution < 1.29 is 9.69 Å². The summed E-state index contributed by atoms with van der Waals surface area (Å²) < 4.78 is 0. The lowest BCUT2D eigenvalue weighted by atomic mass is 9.89. The molecule has 24 heavy (non-hydrogen) atoms. The maximum atomic E-state index is 12.2. The molecule has 0 radical (unpaired) electrons. The Morgan fingerprint density at radius 1 is 1.17 bits per heavy atom. The van der Waals surface area contributed by atoms with Crippen molar-refractivity contribution in [3.05, 3.63) is 29.3 Å². The van der Waals surface area contributed by atoms with Crippen molar-refractivity contribution >= 4 is 23.2 Å². The standard InChI is InChI=1S/C19H28ClN3O/c20-17-8-4-5-9-18(17)23-12-10-22(11-13-23)15-19(24)21-14-16-6-2-1-3-7-16/h4-5,8-9,16H,1-3,6-7,10-15H2,(H,21,24)/p+1. The van der Waals surface area contributed by atoms with E-state index in [2.05, 4.69) is 16.3 Å². The van der Waals surface area contributed by atoms with Crippen LogP contribution in [0.4, 0.5) is 5.69 Å². The molecule has 0 bridgehead atoms. The number of amides is 1. The van der Waals surface area contributed by atoms with E-state index in [0.29, 0.717) is 12.5 Å². The lowest BCUT2D eigenvalue weighted by molar-refractivity contribution is -0.892. The number of halogens is 1. The molecule has 2 N–H and O–H groups in total.